The summed E-state index contributed by atoms with van der Waals surface area (Å²) in [5, 5.41) is 3.14. The fourth-order valence-electron chi connectivity index (χ4n) is 2.34. The molecule has 1 fully saturated rings. The predicted octanol–water partition coefficient (Wildman–Crippen LogP) is 2.18. The lowest BCUT2D eigenvalue weighted by Gasteiger charge is -2.34. The third kappa shape index (κ3) is 2.53. The van der Waals surface area contributed by atoms with Gasteiger partial charge in [-0.05, 0) is 45.4 Å². The van der Waals surface area contributed by atoms with Crippen molar-refractivity contribution in [2.75, 3.05) is 18.5 Å². The number of nitrogens with zero attached hydrogens (tertiary/aromatic N) is 2. The highest BCUT2D eigenvalue weighted by Crippen LogP contribution is 2.22. The van der Waals surface area contributed by atoms with Crippen LogP contribution in [-0.2, 0) is 6.54 Å². The molecule has 1 aromatic rings. The van der Waals surface area contributed by atoms with Gasteiger partial charge in [0, 0.05) is 19.1 Å². The van der Waals surface area contributed by atoms with Crippen LogP contribution in [0.25, 0.3) is 0 Å². The Morgan fingerprint density at radius 1 is 1.44 bits per heavy atom. The molecule has 16 heavy (non-hydrogen) atoms. The lowest BCUT2D eigenvalue weighted by atomic mass is 10.0. The molecule has 3 nitrogen and oxygen atoms in total. The van der Waals surface area contributed by atoms with Crippen molar-refractivity contribution in [1.29, 1.82) is 0 Å². The molecule has 1 saturated heterocycles. The number of nitrogens with one attached hydrogen (secondary N) is 1. The van der Waals surface area contributed by atoms with Crippen LogP contribution in [0.5, 0.6) is 0 Å². The zero-order chi connectivity index (χ0) is 11.4. The first-order chi connectivity index (χ1) is 7.81. The van der Waals surface area contributed by atoms with Crippen LogP contribution in [0.4, 0.5) is 5.82 Å². The topological polar surface area (TPSA) is 28.2 Å². The molecule has 0 radical (unpaired) electrons. The summed E-state index contributed by atoms with van der Waals surface area (Å²) in [6.45, 7) is 4.29. The highest BCUT2D eigenvalue weighted by atomic mass is 15.2. The SMILES string of the molecule is CNCc1cccc(N2CCCCC2C)n1. The molecule has 0 aromatic carbocycles. The van der Waals surface area contributed by atoms with Gasteiger partial charge in [0.05, 0.1) is 5.69 Å². The van der Waals surface area contributed by atoms with Gasteiger partial charge >= 0.3 is 0 Å². The lowest BCUT2D eigenvalue weighted by molar-refractivity contribution is 0.480. The summed E-state index contributed by atoms with van der Waals surface area (Å²) in [7, 11) is 1.96. The number of hydrogen-bond acceptors (Lipinski definition) is 3. The van der Waals surface area contributed by atoms with Crippen molar-refractivity contribution in [3.05, 3.63) is 23.9 Å². The third-order valence-electron chi connectivity index (χ3n) is 3.25. The van der Waals surface area contributed by atoms with Gasteiger partial charge < -0.3 is 10.2 Å². The Kier molecular flexibility index (Phi) is 3.78. The summed E-state index contributed by atoms with van der Waals surface area (Å²) in [6.07, 6.45) is 3.94. The maximum absolute atomic E-state index is 4.70. The summed E-state index contributed by atoms with van der Waals surface area (Å²) in [6, 6.07) is 6.94. The van der Waals surface area contributed by atoms with E-state index in [4.69, 9.17) is 4.98 Å². The molecule has 1 aromatic heterocycles. The lowest BCUT2D eigenvalue weighted by Crippen LogP contribution is -2.38. The molecule has 1 atom stereocenters. The third-order valence-corrected chi connectivity index (χ3v) is 3.25. The molecule has 0 bridgehead atoms. The molecule has 0 aliphatic carbocycles. The molecule has 2 heterocycles. The first-order valence-corrected chi connectivity index (χ1v) is 6.18. The van der Waals surface area contributed by atoms with Gasteiger partial charge in [-0.1, -0.05) is 6.07 Å². The van der Waals surface area contributed by atoms with E-state index < -0.39 is 0 Å². The number of hydrogen-bond donors (Lipinski definition) is 1. The van der Waals surface area contributed by atoms with Crippen LogP contribution in [0, 0.1) is 0 Å². The van der Waals surface area contributed by atoms with Gasteiger partial charge in [0.15, 0.2) is 0 Å². The molecule has 2 rings (SSSR count). The van der Waals surface area contributed by atoms with Gasteiger partial charge in [0.25, 0.3) is 0 Å². The number of aromatic nitrogens is 1. The molecule has 0 spiro atoms. The van der Waals surface area contributed by atoms with E-state index in [9.17, 15) is 0 Å². The molecular formula is C13H21N3. The van der Waals surface area contributed by atoms with E-state index in [0.29, 0.717) is 6.04 Å². The van der Waals surface area contributed by atoms with Gasteiger partial charge in [0.1, 0.15) is 5.82 Å². The van der Waals surface area contributed by atoms with Crippen LogP contribution in [-0.4, -0.2) is 24.6 Å². The highest BCUT2D eigenvalue weighted by Gasteiger charge is 2.19. The van der Waals surface area contributed by atoms with E-state index in [1.807, 2.05) is 7.05 Å². The Bertz CT molecular complexity index is 338. The fourth-order valence-corrected chi connectivity index (χ4v) is 2.34. The molecule has 3 heteroatoms. The number of anilines is 1. The van der Waals surface area contributed by atoms with Crippen LogP contribution < -0.4 is 10.2 Å². The summed E-state index contributed by atoms with van der Waals surface area (Å²) in [5.41, 5.74) is 1.12. The first kappa shape index (κ1) is 11.4. The average Bonchev–Trinajstić information content (AvgIpc) is 2.30. The standard InChI is InChI=1S/C13H21N3/c1-11-6-3-4-9-16(11)13-8-5-7-12(15-13)10-14-2/h5,7-8,11,14H,3-4,6,9-10H2,1-2H3. The number of pyridine rings is 1. The Morgan fingerprint density at radius 2 is 2.31 bits per heavy atom. The van der Waals surface area contributed by atoms with Gasteiger partial charge in [-0.15, -0.1) is 0 Å². The van der Waals surface area contributed by atoms with E-state index in [2.05, 4.69) is 35.3 Å². The van der Waals surface area contributed by atoms with E-state index in [0.717, 1.165) is 24.6 Å². The van der Waals surface area contributed by atoms with Crippen molar-refractivity contribution in [3.63, 3.8) is 0 Å². The minimum absolute atomic E-state index is 0.631. The molecule has 0 saturated carbocycles. The average molecular weight is 219 g/mol. The molecule has 1 aliphatic heterocycles. The smallest absolute Gasteiger partial charge is 0.129 e. The fraction of sp³-hybridized carbons (Fsp3) is 0.615. The van der Waals surface area contributed by atoms with Gasteiger partial charge in [0.2, 0.25) is 0 Å². The number of rotatable bonds is 3. The first-order valence-electron chi connectivity index (χ1n) is 6.18. The van der Waals surface area contributed by atoms with Crippen molar-refractivity contribution in [1.82, 2.24) is 10.3 Å². The molecule has 0 amide bonds. The Morgan fingerprint density at radius 3 is 3.06 bits per heavy atom. The van der Waals surface area contributed by atoms with Crippen molar-refractivity contribution in [2.45, 2.75) is 38.8 Å². The zero-order valence-corrected chi connectivity index (χ0v) is 10.2. The van der Waals surface area contributed by atoms with E-state index in [1.165, 1.54) is 19.3 Å². The van der Waals surface area contributed by atoms with Gasteiger partial charge in [-0.3, -0.25) is 0 Å². The maximum Gasteiger partial charge on any atom is 0.129 e. The molecule has 1 unspecified atom stereocenters. The van der Waals surface area contributed by atoms with Crippen LogP contribution in [0.3, 0.4) is 0 Å². The summed E-state index contributed by atoms with van der Waals surface area (Å²) >= 11 is 0. The zero-order valence-electron chi connectivity index (χ0n) is 10.2. The van der Waals surface area contributed by atoms with E-state index in [1.54, 1.807) is 0 Å². The Labute approximate surface area is 97.9 Å². The van der Waals surface area contributed by atoms with E-state index >= 15 is 0 Å². The van der Waals surface area contributed by atoms with Crippen LogP contribution in [0.2, 0.25) is 0 Å². The van der Waals surface area contributed by atoms with Crippen LogP contribution in [0.15, 0.2) is 18.2 Å². The second-order valence-electron chi connectivity index (χ2n) is 4.56. The van der Waals surface area contributed by atoms with Crippen molar-refractivity contribution in [3.8, 4) is 0 Å². The molecular weight excluding hydrogens is 198 g/mol. The minimum atomic E-state index is 0.631. The maximum atomic E-state index is 4.70. The van der Waals surface area contributed by atoms with Gasteiger partial charge in [-0.2, -0.15) is 0 Å². The molecule has 1 N–H and O–H groups in total. The summed E-state index contributed by atoms with van der Waals surface area (Å²) in [5.74, 6) is 1.14. The second kappa shape index (κ2) is 5.30. The van der Waals surface area contributed by atoms with Crippen molar-refractivity contribution in [2.24, 2.45) is 0 Å². The number of piperidine rings is 1. The van der Waals surface area contributed by atoms with E-state index in [-0.39, 0.29) is 0 Å². The quantitative estimate of drug-likeness (QED) is 0.844. The molecule has 1 aliphatic rings. The Balaban J connectivity index is 2.15. The largest absolute Gasteiger partial charge is 0.354 e. The Hall–Kier alpha value is -1.09. The van der Waals surface area contributed by atoms with Gasteiger partial charge in [-0.25, -0.2) is 4.98 Å². The molecule has 88 valence electrons. The van der Waals surface area contributed by atoms with Crippen LogP contribution in [0.1, 0.15) is 31.9 Å². The summed E-state index contributed by atoms with van der Waals surface area (Å²) < 4.78 is 0. The second-order valence-corrected chi connectivity index (χ2v) is 4.56. The summed E-state index contributed by atoms with van der Waals surface area (Å²) in [4.78, 5) is 7.13. The predicted molar refractivity (Wildman–Crippen MR) is 67.7 cm³/mol. The minimum Gasteiger partial charge on any atom is -0.354 e. The monoisotopic (exact) mass is 219 g/mol. The van der Waals surface area contributed by atoms with Crippen molar-refractivity contribution >= 4 is 5.82 Å². The highest BCUT2D eigenvalue weighted by molar-refractivity contribution is 5.40. The normalized spacial score (nSPS) is 21.1. The van der Waals surface area contributed by atoms with Crippen LogP contribution >= 0.6 is 0 Å². The van der Waals surface area contributed by atoms with Crippen molar-refractivity contribution < 1.29 is 0 Å².